The van der Waals surface area contributed by atoms with Crippen molar-refractivity contribution in [1.29, 1.82) is 0 Å². The molecule has 0 aromatic heterocycles. The van der Waals surface area contributed by atoms with Crippen LogP contribution in [-0.2, 0) is 19.6 Å². The summed E-state index contributed by atoms with van der Waals surface area (Å²) in [5, 5.41) is 2.59. The topological polar surface area (TPSA) is 92.8 Å². The molecule has 0 saturated heterocycles. The van der Waals surface area contributed by atoms with Crippen molar-refractivity contribution in [3.8, 4) is 0 Å². The van der Waals surface area contributed by atoms with Crippen LogP contribution in [0.4, 0.5) is 5.69 Å². The molecule has 2 aromatic carbocycles. The number of rotatable bonds is 6. The molecule has 150 valence electrons. The van der Waals surface area contributed by atoms with Gasteiger partial charge in [0.15, 0.2) is 6.61 Å². The van der Waals surface area contributed by atoms with Gasteiger partial charge in [0.25, 0.3) is 5.91 Å². The van der Waals surface area contributed by atoms with Crippen LogP contribution in [0, 0.1) is 20.8 Å². The van der Waals surface area contributed by atoms with Crippen molar-refractivity contribution in [3.63, 3.8) is 0 Å². The van der Waals surface area contributed by atoms with E-state index in [9.17, 15) is 18.0 Å². The van der Waals surface area contributed by atoms with Gasteiger partial charge in [0.05, 0.1) is 10.5 Å². The molecule has 28 heavy (non-hydrogen) atoms. The van der Waals surface area contributed by atoms with Crippen molar-refractivity contribution in [2.24, 2.45) is 0 Å². The Morgan fingerprint density at radius 1 is 1.00 bits per heavy atom. The third-order valence-corrected chi connectivity index (χ3v) is 6.01. The fourth-order valence-corrected chi connectivity index (χ4v) is 3.47. The van der Waals surface area contributed by atoms with Gasteiger partial charge in [-0.1, -0.05) is 23.8 Å². The molecule has 0 saturated carbocycles. The fraction of sp³-hybridized carbons (Fsp3) is 0.300. The molecule has 1 amide bonds. The molecule has 8 heteroatoms. The molecule has 0 fully saturated rings. The standard InChI is InChI=1S/C20H24N2O5S/c1-13-6-9-17(15(3)10-13)20(24)27-12-19(23)21-18-11-16(8-7-14(18)2)28(25,26)22(4)5/h6-11H,12H2,1-5H3,(H,21,23). The number of hydrogen-bond acceptors (Lipinski definition) is 5. The van der Waals surface area contributed by atoms with Crippen molar-refractivity contribution in [3.05, 3.63) is 58.7 Å². The van der Waals surface area contributed by atoms with E-state index < -0.39 is 28.5 Å². The maximum absolute atomic E-state index is 12.3. The van der Waals surface area contributed by atoms with Crippen LogP contribution < -0.4 is 5.32 Å². The molecule has 0 unspecified atom stereocenters. The lowest BCUT2D eigenvalue weighted by molar-refractivity contribution is -0.119. The molecule has 7 nitrogen and oxygen atoms in total. The van der Waals surface area contributed by atoms with Gasteiger partial charge < -0.3 is 10.1 Å². The quantitative estimate of drug-likeness (QED) is 0.747. The van der Waals surface area contributed by atoms with E-state index >= 15 is 0 Å². The Morgan fingerprint density at radius 2 is 1.68 bits per heavy atom. The third kappa shape index (κ3) is 4.96. The van der Waals surface area contributed by atoms with Gasteiger partial charge in [-0.3, -0.25) is 4.79 Å². The van der Waals surface area contributed by atoms with Crippen molar-refractivity contribution in [1.82, 2.24) is 4.31 Å². The van der Waals surface area contributed by atoms with Gasteiger partial charge in [0.1, 0.15) is 0 Å². The first-order chi connectivity index (χ1) is 13.0. The maximum atomic E-state index is 12.3. The number of nitrogens with one attached hydrogen (secondary N) is 1. The zero-order valence-electron chi connectivity index (χ0n) is 16.6. The summed E-state index contributed by atoms with van der Waals surface area (Å²) in [6.45, 7) is 4.98. The van der Waals surface area contributed by atoms with Gasteiger partial charge in [-0.15, -0.1) is 0 Å². The molecule has 2 rings (SSSR count). The largest absolute Gasteiger partial charge is 0.452 e. The second kappa shape index (κ2) is 8.53. The van der Waals surface area contributed by atoms with Gasteiger partial charge in [0, 0.05) is 19.8 Å². The van der Waals surface area contributed by atoms with E-state index in [2.05, 4.69) is 5.32 Å². The van der Waals surface area contributed by atoms with E-state index in [1.54, 1.807) is 32.0 Å². The highest BCUT2D eigenvalue weighted by atomic mass is 32.2. The third-order valence-electron chi connectivity index (χ3n) is 4.20. The molecule has 0 aliphatic rings. The average Bonchev–Trinajstić information content (AvgIpc) is 2.61. The van der Waals surface area contributed by atoms with Crippen LogP contribution in [0.25, 0.3) is 0 Å². The van der Waals surface area contributed by atoms with Gasteiger partial charge in [-0.05, 0) is 50.1 Å². The molecule has 1 N–H and O–H groups in total. The molecule has 0 radical (unpaired) electrons. The minimum Gasteiger partial charge on any atom is -0.452 e. The highest BCUT2D eigenvalue weighted by molar-refractivity contribution is 7.89. The Balaban J connectivity index is 2.08. The van der Waals surface area contributed by atoms with Crippen LogP contribution in [-0.4, -0.2) is 45.3 Å². The molecule has 0 heterocycles. The van der Waals surface area contributed by atoms with Crippen molar-refractivity contribution >= 4 is 27.6 Å². The zero-order valence-corrected chi connectivity index (χ0v) is 17.4. The first-order valence-electron chi connectivity index (χ1n) is 8.60. The summed E-state index contributed by atoms with van der Waals surface area (Å²) in [6, 6.07) is 9.77. The SMILES string of the molecule is Cc1ccc(C(=O)OCC(=O)Nc2cc(S(=O)(=O)N(C)C)ccc2C)c(C)c1. The average molecular weight is 404 g/mol. The summed E-state index contributed by atoms with van der Waals surface area (Å²) in [6.07, 6.45) is 0. The van der Waals surface area contributed by atoms with Crippen LogP contribution in [0.3, 0.4) is 0 Å². The number of hydrogen-bond donors (Lipinski definition) is 1. The molecule has 0 aliphatic carbocycles. The summed E-state index contributed by atoms with van der Waals surface area (Å²) in [7, 11) is -0.764. The highest BCUT2D eigenvalue weighted by Gasteiger charge is 2.19. The monoisotopic (exact) mass is 404 g/mol. The molecular formula is C20H24N2O5S. The Morgan fingerprint density at radius 3 is 2.29 bits per heavy atom. The number of carbonyl (C=O) groups is 2. The number of aryl methyl sites for hydroxylation is 3. The predicted molar refractivity (Wildman–Crippen MR) is 107 cm³/mol. The lowest BCUT2D eigenvalue weighted by Gasteiger charge is -2.14. The second-order valence-electron chi connectivity index (χ2n) is 6.71. The Kier molecular flexibility index (Phi) is 6.58. The normalized spacial score (nSPS) is 11.4. The number of ether oxygens (including phenoxy) is 1. The van der Waals surface area contributed by atoms with E-state index in [1.165, 1.54) is 26.2 Å². The molecule has 0 bridgehead atoms. The van der Waals surface area contributed by atoms with E-state index in [-0.39, 0.29) is 4.90 Å². The Labute approximate surface area is 165 Å². The lowest BCUT2D eigenvalue weighted by Crippen LogP contribution is -2.24. The van der Waals surface area contributed by atoms with Crippen molar-refractivity contribution in [2.75, 3.05) is 26.0 Å². The first kappa shape index (κ1) is 21.6. The summed E-state index contributed by atoms with van der Waals surface area (Å²) in [5.41, 5.74) is 3.22. The van der Waals surface area contributed by atoms with Crippen LogP contribution >= 0.6 is 0 Å². The predicted octanol–water partition coefficient (Wildman–Crippen LogP) is 2.66. The number of anilines is 1. The summed E-state index contributed by atoms with van der Waals surface area (Å²) in [5.74, 6) is -1.14. The minimum absolute atomic E-state index is 0.0608. The molecule has 0 atom stereocenters. The molecule has 0 spiro atoms. The second-order valence-corrected chi connectivity index (χ2v) is 8.86. The number of amides is 1. The number of sulfonamides is 1. The van der Waals surface area contributed by atoms with E-state index in [0.29, 0.717) is 16.8 Å². The summed E-state index contributed by atoms with van der Waals surface area (Å²) < 4.78 is 30.7. The molecule has 2 aromatic rings. The minimum atomic E-state index is -3.63. The maximum Gasteiger partial charge on any atom is 0.338 e. The van der Waals surface area contributed by atoms with Crippen LogP contribution in [0.15, 0.2) is 41.3 Å². The smallest absolute Gasteiger partial charge is 0.338 e. The van der Waals surface area contributed by atoms with E-state index in [0.717, 1.165) is 15.4 Å². The number of nitrogens with zero attached hydrogens (tertiary/aromatic N) is 1. The number of esters is 1. The van der Waals surface area contributed by atoms with Gasteiger partial charge >= 0.3 is 5.97 Å². The van der Waals surface area contributed by atoms with Crippen LogP contribution in [0.1, 0.15) is 27.0 Å². The van der Waals surface area contributed by atoms with Crippen molar-refractivity contribution < 1.29 is 22.7 Å². The Hall–Kier alpha value is -2.71. The van der Waals surface area contributed by atoms with Gasteiger partial charge in [-0.25, -0.2) is 17.5 Å². The van der Waals surface area contributed by atoms with E-state index in [4.69, 9.17) is 4.74 Å². The van der Waals surface area contributed by atoms with E-state index in [1.807, 2.05) is 13.0 Å². The Bertz CT molecular complexity index is 1010. The van der Waals surface area contributed by atoms with Crippen molar-refractivity contribution in [2.45, 2.75) is 25.7 Å². The zero-order chi connectivity index (χ0) is 21.1. The van der Waals surface area contributed by atoms with Gasteiger partial charge in [-0.2, -0.15) is 0 Å². The number of carbonyl (C=O) groups excluding carboxylic acids is 2. The molecular weight excluding hydrogens is 380 g/mol. The summed E-state index contributed by atoms with van der Waals surface area (Å²) >= 11 is 0. The van der Waals surface area contributed by atoms with Crippen LogP contribution in [0.5, 0.6) is 0 Å². The summed E-state index contributed by atoms with van der Waals surface area (Å²) in [4.78, 5) is 24.4. The number of benzene rings is 2. The lowest BCUT2D eigenvalue weighted by atomic mass is 10.1. The van der Waals surface area contributed by atoms with Crippen LogP contribution in [0.2, 0.25) is 0 Å². The fourth-order valence-electron chi connectivity index (χ4n) is 2.54. The van der Waals surface area contributed by atoms with Gasteiger partial charge in [0.2, 0.25) is 10.0 Å². The first-order valence-corrected chi connectivity index (χ1v) is 10.0. The molecule has 0 aliphatic heterocycles. The highest BCUT2D eigenvalue weighted by Crippen LogP contribution is 2.22.